The molecule has 1 aliphatic rings. The number of nitrogens with zero attached hydrogens (tertiary/aromatic N) is 1. The molecule has 1 N–H and O–H groups in total. The summed E-state index contributed by atoms with van der Waals surface area (Å²) in [7, 11) is 0. The fraction of sp³-hybridized carbons (Fsp3) is 0.357. The summed E-state index contributed by atoms with van der Waals surface area (Å²) in [6, 6.07) is 9.94. The van der Waals surface area contributed by atoms with E-state index in [1.54, 1.807) is 6.20 Å². The van der Waals surface area contributed by atoms with Crippen LogP contribution in [0.15, 0.2) is 36.5 Å². The minimum atomic E-state index is 0.123. The van der Waals surface area contributed by atoms with Crippen LogP contribution in [0.4, 0.5) is 0 Å². The fourth-order valence-corrected chi connectivity index (χ4v) is 2.10. The highest BCUT2D eigenvalue weighted by Gasteiger charge is 2.14. The molecule has 0 spiro atoms. The molecule has 2 aromatic rings. The minimum absolute atomic E-state index is 0.123. The zero-order chi connectivity index (χ0) is 12.2. The van der Waals surface area contributed by atoms with Crippen LogP contribution in [0.2, 0.25) is 0 Å². The number of rotatable bonds is 3. The molecule has 0 saturated carbocycles. The molecule has 1 unspecified atom stereocenters. The Morgan fingerprint density at radius 3 is 3.17 bits per heavy atom. The van der Waals surface area contributed by atoms with Crippen LogP contribution in [0.25, 0.3) is 10.9 Å². The number of pyridine rings is 1. The van der Waals surface area contributed by atoms with E-state index in [0.29, 0.717) is 6.61 Å². The Bertz CT molecular complexity index is 519. The average Bonchev–Trinajstić information content (AvgIpc) is 2.46. The maximum Gasteiger partial charge on any atom is 0.145 e. The highest BCUT2D eigenvalue weighted by molar-refractivity contribution is 5.84. The second-order valence-corrected chi connectivity index (χ2v) is 4.34. The summed E-state index contributed by atoms with van der Waals surface area (Å²) < 4.78 is 11.4. The molecule has 94 valence electrons. The van der Waals surface area contributed by atoms with E-state index in [1.165, 1.54) is 0 Å². The monoisotopic (exact) mass is 244 g/mol. The summed E-state index contributed by atoms with van der Waals surface area (Å²) in [4.78, 5) is 4.36. The average molecular weight is 244 g/mol. The first kappa shape index (κ1) is 11.4. The van der Waals surface area contributed by atoms with Gasteiger partial charge in [-0.3, -0.25) is 4.98 Å². The van der Waals surface area contributed by atoms with Crippen molar-refractivity contribution in [1.29, 1.82) is 0 Å². The second-order valence-electron chi connectivity index (χ2n) is 4.34. The van der Waals surface area contributed by atoms with Gasteiger partial charge in [0.2, 0.25) is 0 Å². The number of benzene rings is 1. The third-order valence-electron chi connectivity index (χ3n) is 3.02. The summed E-state index contributed by atoms with van der Waals surface area (Å²) in [6.45, 7) is 3.08. The van der Waals surface area contributed by atoms with Crippen molar-refractivity contribution in [1.82, 2.24) is 10.3 Å². The Labute approximate surface area is 106 Å². The number of aromatic nitrogens is 1. The number of hydrogen-bond donors (Lipinski definition) is 1. The van der Waals surface area contributed by atoms with Crippen molar-refractivity contribution in [3.8, 4) is 5.75 Å². The topological polar surface area (TPSA) is 43.4 Å². The SMILES string of the molecule is c1cnc2c(OCC3CNCCO3)cccc2c1. The zero-order valence-corrected chi connectivity index (χ0v) is 10.1. The molecule has 2 heterocycles. The Balaban J connectivity index is 1.74. The molecule has 1 atom stereocenters. The first-order valence-electron chi connectivity index (χ1n) is 6.22. The van der Waals surface area contributed by atoms with E-state index in [-0.39, 0.29) is 6.10 Å². The maximum absolute atomic E-state index is 5.83. The third kappa shape index (κ3) is 2.44. The smallest absolute Gasteiger partial charge is 0.145 e. The molecule has 1 aromatic carbocycles. The number of ether oxygens (including phenoxy) is 2. The Kier molecular flexibility index (Phi) is 3.39. The van der Waals surface area contributed by atoms with Gasteiger partial charge in [0.05, 0.1) is 6.61 Å². The van der Waals surface area contributed by atoms with Crippen molar-refractivity contribution in [2.24, 2.45) is 0 Å². The molecule has 0 amide bonds. The van der Waals surface area contributed by atoms with Crippen molar-refractivity contribution in [3.63, 3.8) is 0 Å². The van der Waals surface area contributed by atoms with E-state index in [2.05, 4.69) is 10.3 Å². The van der Waals surface area contributed by atoms with E-state index in [4.69, 9.17) is 9.47 Å². The fourth-order valence-electron chi connectivity index (χ4n) is 2.10. The highest BCUT2D eigenvalue weighted by Crippen LogP contribution is 2.23. The quantitative estimate of drug-likeness (QED) is 0.890. The van der Waals surface area contributed by atoms with Crippen molar-refractivity contribution >= 4 is 10.9 Å². The lowest BCUT2D eigenvalue weighted by molar-refractivity contribution is 0.000476. The molecule has 3 rings (SSSR count). The van der Waals surface area contributed by atoms with Crippen molar-refractivity contribution in [2.45, 2.75) is 6.10 Å². The van der Waals surface area contributed by atoms with Gasteiger partial charge in [-0.25, -0.2) is 0 Å². The van der Waals surface area contributed by atoms with Crippen molar-refractivity contribution < 1.29 is 9.47 Å². The van der Waals surface area contributed by atoms with Gasteiger partial charge >= 0.3 is 0 Å². The van der Waals surface area contributed by atoms with E-state index in [1.807, 2.05) is 30.3 Å². The lowest BCUT2D eigenvalue weighted by Crippen LogP contribution is -2.41. The van der Waals surface area contributed by atoms with Gasteiger partial charge in [0.25, 0.3) is 0 Å². The summed E-state index contributed by atoms with van der Waals surface area (Å²) in [5.41, 5.74) is 0.906. The molecule has 1 aliphatic heterocycles. The van der Waals surface area contributed by atoms with E-state index < -0.39 is 0 Å². The van der Waals surface area contributed by atoms with Crippen LogP contribution >= 0.6 is 0 Å². The van der Waals surface area contributed by atoms with Gasteiger partial charge in [-0.2, -0.15) is 0 Å². The molecule has 0 aliphatic carbocycles. The van der Waals surface area contributed by atoms with Crippen LogP contribution in [0.1, 0.15) is 0 Å². The van der Waals surface area contributed by atoms with Gasteiger partial charge in [-0.1, -0.05) is 18.2 Å². The number of fused-ring (bicyclic) bond motifs is 1. The first-order chi connectivity index (χ1) is 8.93. The summed E-state index contributed by atoms with van der Waals surface area (Å²) in [6.07, 6.45) is 1.91. The number of hydrogen-bond acceptors (Lipinski definition) is 4. The molecule has 18 heavy (non-hydrogen) atoms. The molecule has 0 bridgehead atoms. The molecular formula is C14H16N2O2. The Hall–Kier alpha value is -1.65. The van der Waals surface area contributed by atoms with Gasteiger partial charge in [0.1, 0.15) is 24.0 Å². The van der Waals surface area contributed by atoms with E-state index in [9.17, 15) is 0 Å². The summed E-state index contributed by atoms with van der Waals surface area (Å²) in [5.74, 6) is 0.822. The predicted octanol–water partition coefficient (Wildman–Crippen LogP) is 1.60. The van der Waals surface area contributed by atoms with Gasteiger partial charge in [0, 0.05) is 24.7 Å². The predicted molar refractivity (Wildman–Crippen MR) is 69.8 cm³/mol. The summed E-state index contributed by atoms with van der Waals surface area (Å²) >= 11 is 0. The Morgan fingerprint density at radius 2 is 2.28 bits per heavy atom. The Morgan fingerprint density at radius 1 is 1.33 bits per heavy atom. The largest absolute Gasteiger partial charge is 0.489 e. The standard InChI is InChI=1S/C14H16N2O2/c1-3-11-4-2-6-16-14(11)13(5-1)18-10-12-9-15-7-8-17-12/h1-6,12,15H,7-10H2. The van der Waals surface area contributed by atoms with Crippen molar-refractivity contribution in [3.05, 3.63) is 36.5 Å². The van der Waals surface area contributed by atoms with Crippen LogP contribution in [0.5, 0.6) is 5.75 Å². The number of nitrogens with one attached hydrogen (secondary N) is 1. The lowest BCUT2D eigenvalue weighted by Gasteiger charge is -2.23. The van der Waals surface area contributed by atoms with Gasteiger partial charge in [0.15, 0.2) is 0 Å². The summed E-state index contributed by atoms with van der Waals surface area (Å²) in [5, 5.41) is 4.38. The number of para-hydroxylation sites is 1. The molecule has 1 aromatic heterocycles. The van der Waals surface area contributed by atoms with E-state index in [0.717, 1.165) is 36.3 Å². The van der Waals surface area contributed by atoms with Crippen LogP contribution in [-0.2, 0) is 4.74 Å². The lowest BCUT2D eigenvalue weighted by atomic mass is 10.2. The first-order valence-corrected chi connectivity index (χ1v) is 6.22. The van der Waals surface area contributed by atoms with Crippen molar-refractivity contribution in [2.75, 3.05) is 26.3 Å². The molecule has 1 fully saturated rings. The molecule has 4 nitrogen and oxygen atoms in total. The zero-order valence-electron chi connectivity index (χ0n) is 10.1. The van der Waals surface area contributed by atoms with Crippen LogP contribution in [0, 0.1) is 0 Å². The molecule has 4 heteroatoms. The highest BCUT2D eigenvalue weighted by atomic mass is 16.5. The maximum atomic E-state index is 5.83. The number of morpholine rings is 1. The van der Waals surface area contributed by atoms with E-state index >= 15 is 0 Å². The van der Waals surface area contributed by atoms with Gasteiger partial charge in [-0.05, 0) is 12.1 Å². The van der Waals surface area contributed by atoms with Crippen LogP contribution in [-0.4, -0.2) is 37.4 Å². The van der Waals surface area contributed by atoms with Gasteiger partial charge < -0.3 is 14.8 Å². The third-order valence-corrected chi connectivity index (χ3v) is 3.02. The molecular weight excluding hydrogens is 228 g/mol. The van der Waals surface area contributed by atoms with Gasteiger partial charge in [-0.15, -0.1) is 0 Å². The molecule has 1 saturated heterocycles. The van der Waals surface area contributed by atoms with Crippen LogP contribution in [0.3, 0.4) is 0 Å². The van der Waals surface area contributed by atoms with Crippen LogP contribution < -0.4 is 10.1 Å². The minimum Gasteiger partial charge on any atom is -0.489 e. The normalized spacial score (nSPS) is 19.9. The molecule has 0 radical (unpaired) electrons. The second kappa shape index (κ2) is 5.33.